The number of methoxy groups -OCH3 is 1. The fourth-order valence-electron chi connectivity index (χ4n) is 1.28. The Labute approximate surface area is 106 Å². The van der Waals surface area contributed by atoms with Crippen molar-refractivity contribution in [2.45, 2.75) is 6.42 Å². The fraction of sp³-hybridized carbons (Fsp3) is 0.417. The van der Waals surface area contributed by atoms with Crippen molar-refractivity contribution in [2.75, 3.05) is 30.5 Å². The van der Waals surface area contributed by atoms with Gasteiger partial charge in [-0.2, -0.15) is 11.8 Å². The maximum Gasteiger partial charge on any atom is 0.234 e. The quantitative estimate of drug-likeness (QED) is 0.727. The zero-order valence-corrected chi connectivity index (χ0v) is 10.8. The molecule has 17 heavy (non-hydrogen) atoms. The lowest BCUT2D eigenvalue weighted by Crippen LogP contribution is -2.15. The van der Waals surface area contributed by atoms with Crippen molar-refractivity contribution in [2.24, 2.45) is 5.73 Å². The summed E-state index contributed by atoms with van der Waals surface area (Å²) in [6, 6.07) is 7.36. The first-order valence-corrected chi connectivity index (χ1v) is 6.64. The highest BCUT2D eigenvalue weighted by Gasteiger charge is 2.06. The van der Waals surface area contributed by atoms with Crippen LogP contribution >= 0.6 is 11.8 Å². The van der Waals surface area contributed by atoms with Gasteiger partial charge in [-0.15, -0.1) is 0 Å². The highest BCUT2D eigenvalue weighted by atomic mass is 32.2. The lowest BCUT2D eigenvalue weighted by atomic mass is 10.3. The normalized spacial score (nSPS) is 10.0. The van der Waals surface area contributed by atoms with Crippen LogP contribution in [0.1, 0.15) is 6.42 Å². The van der Waals surface area contributed by atoms with Crippen LogP contribution in [0.5, 0.6) is 5.75 Å². The Balaban J connectivity index is 2.39. The van der Waals surface area contributed by atoms with E-state index in [1.54, 1.807) is 18.9 Å². The summed E-state index contributed by atoms with van der Waals surface area (Å²) < 4.78 is 5.15. The number of hydrogen-bond donors (Lipinski definition) is 2. The Morgan fingerprint density at radius 1 is 1.47 bits per heavy atom. The second kappa shape index (κ2) is 7.97. The molecular formula is C12H18N2O2S. The largest absolute Gasteiger partial charge is 0.495 e. The topological polar surface area (TPSA) is 64.3 Å². The van der Waals surface area contributed by atoms with E-state index in [4.69, 9.17) is 10.5 Å². The number of thioether (sulfide) groups is 1. The highest BCUT2D eigenvalue weighted by Crippen LogP contribution is 2.23. The minimum Gasteiger partial charge on any atom is -0.495 e. The molecule has 0 atom stereocenters. The Morgan fingerprint density at radius 2 is 2.24 bits per heavy atom. The predicted octanol–water partition coefficient (Wildman–Crippen LogP) is 1.72. The summed E-state index contributed by atoms with van der Waals surface area (Å²) >= 11 is 1.59. The molecule has 0 saturated heterocycles. The van der Waals surface area contributed by atoms with Crippen LogP contribution in [0, 0.1) is 0 Å². The first-order chi connectivity index (χ1) is 8.27. The van der Waals surface area contributed by atoms with E-state index in [2.05, 4.69) is 5.32 Å². The third-order valence-electron chi connectivity index (χ3n) is 2.11. The van der Waals surface area contributed by atoms with E-state index >= 15 is 0 Å². The van der Waals surface area contributed by atoms with E-state index < -0.39 is 0 Å². The van der Waals surface area contributed by atoms with Gasteiger partial charge in [-0.1, -0.05) is 12.1 Å². The van der Waals surface area contributed by atoms with Gasteiger partial charge < -0.3 is 15.8 Å². The molecule has 94 valence electrons. The molecule has 3 N–H and O–H groups in total. The number of nitrogens with two attached hydrogens (primary N) is 1. The average Bonchev–Trinajstić information content (AvgIpc) is 2.35. The number of carbonyl (C=O) groups is 1. The van der Waals surface area contributed by atoms with Crippen molar-refractivity contribution in [3.05, 3.63) is 24.3 Å². The molecule has 0 radical (unpaired) electrons. The highest BCUT2D eigenvalue weighted by molar-refractivity contribution is 7.99. The maximum atomic E-state index is 11.6. The molecule has 5 heteroatoms. The van der Waals surface area contributed by atoms with Gasteiger partial charge in [0.25, 0.3) is 0 Å². The van der Waals surface area contributed by atoms with E-state index in [1.807, 2.05) is 24.3 Å². The summed E-state index contributed by atoms with van der Waals surface area (Å²) in [4.78, 5) is 11.6. The van der Waals surface area contributed by atoms with E-state index in [1.165, 1.54) is 0 Å². The Kier molecular flexibility index (Phi) is 6.50. The van der Waals surface area contributed by atoms with Crippen LogP contribution in [0.3, 0.4) is 0 Å². The SMILES string of the molecule is COc1ccccc1NC(=O)CSCCCN. The van der Waals surface area contributed by atoms with Crippen LogP contribution in [0.4, 0.5) is 5.69 Å². The fourth-order valence-corrected chi connectivity index (χ4v) is 2.06. The Morgan fingerprint density at radius 3 is 2.94 bits per heavy atom. The number of para-hydroxylation sites is 2. The van der Waals surface area contributed by atoms with E-state index in [0.717, 1.165) is 12.2 Å². The summed E-state index contributed by atoms with van der Waals surface area (Å²) in [6.07, 6.45) is 0.937. The van der Waals surface area contributed by atoms with Gasteiger partial charge in [-0.05, 0) is 30.9 Å². The molecule has 0 heterocycles. The number of benzene rings is 1. The lowest BCUT2D eigenvalue weighted by Gasteiger charge is -2.09. The smallest absolute Gasteiger partial charge is 0.234 e. The van der Waals surface area contributed by atoms with Crippen LogP contribution in [-0.4, -0.2) is 31.1 Å². The third-order valence-corrected chi connectivity index (χ3v) is 3.15. The Bertz CT molecular complexity index is 358. The number of ether oxygens (including phenoxy) is 1. The molecule has 0 aliphatic heterocycles. The van der Waals surface area contributed by atoms with Crippen molar-refractivity contribution in [3.63, 3.8) is 0 Å². The lowest BCUT2D eigenvalue weighted by molar-refractivity contribution is -0.113. The van der Waals surface area contributed by atoms with Crippen molar-refractivity contribution < 1.29 is 9.53 Å². The number of nitrogens with one attached hydrogen (secondary N) is 1. The van der Waals surface area contributed by atoms with Gasteiger partial charge in [0.05, 0.1) is 18.6 Å². The second-order valence-corrected chi connectivity index (χ2v) is 4.55. The minimum absolute atomic E-state index is 0.0171. The monoisotopic (exact) mass is 254 g/mol. The van der Waals surface area contributed by atoms with Crippen LogP contribution in [-0.2, 0) is 4.79 Å². The van der Waals surface area contributed by atoms with Crippen molar-refractivity contribution in [1.29, 1.82) is 0 Å². The molecule has 1 aromatic carbocycles. The van der Waals surface area contributed by atoms with Gasteiger partial charge in [0, 0.05) is 0 Å². The van der Waals surface area contributed by atoms with Crippen LogP contribution < -0.4 is 15.8 Å². The molecule has 1 amide bonds. The van der Waals surface area contributed by atoms with Gasteiger partial charge >= 0.3 is 0 Å². The third kappa shape index (κ3) is 5.10. The van der Waals surface area contributed by atoms with Gasteiger partial charge in [-0.25, -0.2) is 0 Å². The zero-order chi connectivity index (χ0) is 12.5. The van der Waals surface area contributed by atoms with Crippen LogP contribution in [0.25, 0.3) is 0 Å². The summed E-state index contributed by atoms with van der Waals surface area (Å²) in [7, 11) is 1.58. The summed E-state index contributed by atoms with van der Waals surface area (Å²) in [5, 5.41) is 2.82. The Hall–Kier alpha value is -1.20. The molecule has 1 rings (SSSR count). The first kappa shape index (κ1) is 13.9. The molecular weight excluding hydrogens is 236 g/mol. The number of amides is 1. The van der Waals surface area contributed by atoms with Crippen molar-refractivity contribution in [3.8, 4) is 5.75 Å². The molecule has 0 aliphatic rings. The average molecular weight is 254 g/mol. The molecule has 0 fully saturated rings. The molecule has 0 aliphatic carbocycles. The summed E-state index contributed by atoms with van der Waals surface area (Å²) in [5.41, 5.74) is 6.08. The van der Waals surface area contributed by atoms with E-state index in [9.17, 15) is 4.79 Å². The summed E-state index contributed by atoms with van der Waals surface area (Å²) in [6.45, 7) is 0.668. The van der Waals surface area contributed by atoms with E-state index in [-0.39, 0.29) is 5.91 Å². The van der Waals surface area contributed by atoms with Crippen molar-refractivity contribution >= 4 is 23.4 Å². The van der Waals surface area contributed by atoms with Gasteiger partial charge in [-0.3, -0.25) is 4.79 Å². The molecule has 0 saturated carbocycles. The zero-order valence-electron chi connectivity index (χ0n) is 9.94. The van der Waals surface area contributed by atoms with Gasteiger partial charge in [0.1, 0.15) is 5.75 Å². The minimum atomic E-state index is -0.0171. The van der Waals surface area contributed by atoms with Crippen LogP contribution in [0.15, 0.2) is 24.3 Å². The van der Waals surface area contributed by atoms with E-state index in [0.29, 0.717) is 23.7 Å². The molecule has 0 spiro atoms. The molecule has 0 bridgehead atoms. The second-order valence-electron chi connectivity index (χ2n) is 3.44. The van der Waals surface area contributed by atoms with Gasteiger partial charge in [0.2, 0.25) is 5.91 Å². The van der Waals surface area contributed by atoms with Gasteiger partial charge in [0.15, 0.2) is 0 Å². The molecule has 4 nitrogen and oxygen atoms in total. The standard InChI is InChI=1S/C12H18N2O2S/c1-16-11-6-3-2-5-10(11)14-12(15)9-17-8-4-7-13/h2-3,5-6H,4,7-9,13H2,1H3,(H,14,15). The first-order valence-electron chi connectivity index (χ1n) is 5.48. The molecule has 0 unspecified atom stereocenters. The summed E-state index contributed by atoms with van der Waals surface area (Å²) in [5.74, 6) is 2.01. The van der Waals surface area contributed by atoms with Crippen LogP contribution in [0.2, 0.25) is 0 Å². The molecule has 1 aromatic rings. The van der Waals surface area contributed by atoms with Crippen molar-refractivity contribution in [1.82, 2.24) is 0 Å². The number of anilines is 1. The predicted molar refractivity (Wildman–Crippen MR) is 72.6 cm³/mol. The maximum absolute atomic E-state index is 11.6. The molecule has 0 aromatic heterocycles. The number of hydrogen-bond acceptors (Lipinski definition) is 4. The number of carbonyl (C=O) groups excluding carboxylic acids is 1. The number of rotatable bonds is 7.